The highest BCUT2D eigenvalue weighted by molar-refractivity contribution is 5.40. The Balaban J connectivity index is 2.16. The topological polar surface area (TPSA) is 20.2 Å². The monoisotopic (exact) mass is 288 g/mol. The first-order valence-electron chi connectivity index (χ1n) is 8.57. The van der Waals surface area contributed by atoms with E-state index in [1.165, 1.54) is 54.4 Å². The van der Waals surface area contributed by atoms with Crippen molar-refractivity contribution in [2.75, 3.05) is 0 Å². The van der Waals surface area contributed by atoms with Crippen LogP contribution < -0.4 is 0 Å². The van der Waals surface area contributed by atoms with Gasteiger partial charge in [0.25, 0.3) is 0 Å². The summed E-state index contributed by atoms with van der Waals surface area (Å²) >= 11 is 0. The van der Waals surface area contributed by atoms with Gasteiger partial charge in [0.05, 0.1) is 6.10 Å². The normalized spacial score (nSPS) is 18.8. The maximum Gasteiger partial charge on any atom is 0.0608 e. The van der Waals surface area contributed by atoms with Crippen molar-refractivity contribution in [2.24, 2.45) is 5.92 Å². The van der Waals surface area contributed by atoms with Crippen LogP contribution in [0.25, 0.3) is 0 Å². The lowest BCUT2D eigenvalue weighted by Gasteiger charge is -2.28. The van der Waals surface area contributed by atoms with Crippen LogP contribution in [0.15, 0.2) is 12.1 Å². The number of rotatable bonds is 3. The van der Waals surface area contributed by atoms with E-state index in [0.717, 1.165) is 6.42 Å². The predicted molar refractivity (Wildman–Crippen MR) is 90.9 cm³/mol. The number of benzene rings is 1. The van der Waals surface area contributed by atoms with E-state index in [-0.39, 0.29) is 11.5 Å². The summed E-state index contributed by atoms with van der Waals surface area (Å²) in [5.41, 5.74) is 5.63. The van der Waals surface area contributed by atoms with Crippen LogP contribution in [0.5, 0.6) is 0 Å². The summed E-state index contributed by atoms with van der Waals surface area (Å²) < 4.78 is 0. The Morgan fingerprint density at radius 3 is 2.05 bits per heavy atom. The Bertz CT molecular complexity index is 452. The molecule has 1 aliphatic rings. The van der Waals surface area contributed by atoms with Gasteiger partial charge < -0.3 is 5.11 Å². The molecule has 21 heavy (non-hydrogen) atoms. The Hall–Kier alpha value is -0.820. The van der Waals surface area contributed by atoms with Gasteiger partial charge in [0.2, 0.25) is 0 Å². The molecule has 1 aromatic rings. The predicted octanol–water partition coefficient (Wildman–Crippen LogP) is 5.08. The van der Waals surface area contributed by atoms with E-state index in [9.17, 15) is 5.11 Å². The van der Waals surface area contributed by atoms with Crippen molar-refractivity contribution in [3.8, 4) is 0 Å². The second kappa shape index (κ2) is 6.52. The van der Waals surface area contributed by atoms with Gasteiger partial charge in [-0.25, -0.2) is 0 Å². The summed E-state index contributed by atoms with van der Waals surface area (Å²) in [6, 6.07) is 4.63. The highest BCUT2D eigenvalue weighted by atomic mass is 16.3. The van der Waals surface area contributed by atoms with Gasteiger partial charge in [-0.1, -0.05) is 52.2 Å². The zero-order chi connectivity index (χ0) is 15.6. The summed E-state index contributed by atoms with van der Waals surface area (Å²) in [6.07, 6.45) is 7.02. The van der Waals surface area contributed by atoms with Gasteiger partial charge in [-0.15, -0.1) is 0 Å². The molecular weight excluding hydrogens is 256 g/mol. The van der Waals surface area contributed by atoms with E-state index in [0.29, 0.717) is 5.92 Å². The van der Waals surface area contributed by atoms with Crippen molar-refractivity contribution in [3.63, 3.8) is 0 Å². The molecule has 0 bridgehead atoms. The zero-order valence-corrected chi connectivity index (χ0v) is 14.5. The van der Waals surface area contributed by atoms with Crippen LogP contribution in [0, 0.1) is 19.8 Å². The van der Waals surface area contributed by atoms with Crippen molar-refractivity contribution < 1.29 is 5.11 Å². The van der Waals surface area contributed by atoms with Crippen molar-refractivity contribution in [3.05, 3.63) is 34.4 Å². The van der Waals surface area contributed by atoms with E-state index < -0.39 is 0 Å². The van der Waals surface area contributed by atoms with Gasteiger partial charge in [0.15, 0.2) is 0 Å². The molecule has 1 atom stereocenters. The van der Waals surface area contributed by atoms with Crippen LogP contribution in [0.2, 0.25) is 0 Å². The van der Waals surface area contributed by atoms with E-state index in [1.54, 1.807) is 0 Å². The molecule has 1 N–H and O–H groups in total. The fourth-order valence-electron chi connectivity index (χ4n) is 3.64. The fraction of sp³-hybridized carbons (Fsp3) is 0.700. The first kappa shape index (κ1) is 16.5. The van der Waals surface area contributed by atoms with Crippen LogP contribution in [0.4, 0.5) is 0 Å². The molecule has 1 nitrogen and oxygen atoms in total. The van der Waals surface area contributed by atoms with Gasteiger partial charge in [0.1, 0.15) is 0 Å². The van der Waals surface area contributed by atoms with E-state index >= 15 is 0 Å². The van der Waals surface area contributed by atoms with Gasteiger partial charge in [-0.3, -0.25) is 0 Å². The average molecular weight is 288 g/mol. The lowest BCUT2D eigenvalue weighted by molar-refractivity contribution is 0.0848. The van der Waals surface area contributed by atoms with Crippen molar-refractivity contribution >= 4 is 0 Å². The SMILES string of the molecule is Cc1cc(C(C)(C)C)cc(C)c1CC(O)C1CCCCC1. The standard InChI is InChI=1S/C20H32O/c1-14-11-17(20(3,4)5)12-15(2)18(14)13-19(21)16-9-7-6-8-10-16/h11-12,16,19,21H,6-10,13H2,1-5H3. The van der Waals surface area contributed by atoms with Crippen LogP contribution in [0.3, 0.4) is 0 Å². The van der Waals surface area contributed by atoms with Crippen LogP contribution in [0.1, 0.15) is 75.1 Å². The van der Waals surface area contributed by atoms with Crippen LogP contribution in [-0.2, 0) is 11.8 Å². The molecule has 0 heterocycles. The fourth-order valence-corrected chi connectivity index (χ4v) is 3.64. The number of aliphatic hydroxyl groups is 1. The Morgan fingerprint density at radius 1 is 1.05 bits per heavy atom. The molecule has 118 valence electrons. The maximum atomic E-state index is 10.6. The lowest BCUT2D eigenvalue weighted by atomic mass is 9.80. The third-order valence-corrected chi connectivity index (χ3v) is 5.17. The molecular formula is C20H32O. The van der Waals surface area contributed by atoms with Crippen LogP contribution >= 0.6 is 0 Å². The molecule has 2 rings (SSSR count). The quantitative estimate of drug-likeness (QED) is 0.822. The van der Waals surface area contributed by atoms with Gasteiger partial charge in [-0.05, 0) is 66.7 Å². The lowest BCUT2D eigenvalue weighted by Crippen LogP contribution is -2.26. The van der Waals surface area contributed by atoms with Crippen LogP contribution in [-0.4, -0.2) is 11.2 Å². The summed E-state index contributed by atoms with van der Waals surface area (Å²) in [5.74, 6) is 0.514. The van der Waals surface area contributed by atoms with E-state index in [4.69, 9.17) is 0 Å². The average Bonchev–Trinajstić information content (AvgIpc) is 2.42. The minimum Gasteiger partial charge on any atom is -0.392 e. The minimum atomic E-state index is -0.164. The summed E-state index contributed by atoms with van der Waals surface area (Å²) in [4.78, 5) is 0. The Labute approximate surface area is 130 Å². The van der Waals surface area contributed by atoms with Crippen molar-refractivity contribution in [1.82, 2.24) is 0 Å². The second-order valence-corrected chi connectivity index (χ2v) is 8.01. The molecule has 0 radical (unpaired) electrons. The van der Waals surface area contributed by atoms with Crippen molar-refractivity contribution in [2.45, 2.75) is 84.7 Å². The molecule has 1 aliphatic carbocycles. The van der Waals surface area contributed by atoms with Gasteiger partial charge >= 0.3 is 0 Å². The highest BCUT2D eigenvalue weighted by Gasteiger charge is 2.23. The number of hydrogen-bond acceptors (Lipinski definition) is 1. The molecule has 0 aromatic heterocycles. The summed E-state index contributed by atoms with van der Waals surface area (Å²) in [5, 5.41) is 10.6. The third kappa shape index (κ3) is 4.10. The Morgan fingerprint density at radius 2 is 1.57 bits per heavy atom. The van der Waals surface area contributed by atoms with E-state index in [2.05, 4.69) is 46.8 Å². The van der Waals surface area contributed by atoms with Gasteiger partial charge in [-0.2, -0.15) is 0 Å². The molecule has 1 unspecified atom stereocenters. The molecule has 0 saturated heterocycles. The number of aryl methyl sites for hydroxylation is 2. The zero-order valence-electron chi connectivity index (χ0n) is 14.5. The summed E-state index contributed by atoms with van der Waals surface area (Å²) in [7, 11) is 0. The van der Waals surface area contributed by atoms with E-state index in [1.807, 2.05) is 0 Å². The molecule has 1 heteroatoms. The number of aliphatic hydroxyl groups excluding tert-OH is 1. The molecule has 0 spiro atoms. The molecule has 1 aromatic carbocycles. The first-order valence-corrected chi connectivity index (χ1v) is 8.57. The second-order valence-electron chi connectivity index (χ2n) is 8.01. The summed E-state index contributed by atoms with van der Waals surface area (Å²) in [6.45, 7) is 11.2. The molecule has 1 saturated carbocycles. The first-order chi connectivity index (χ1) is 9.79. The largest absolute Gasteiger partial charge is 0.392 e. The Kier molecular flexibility index (Phi) is 5.14. The molecule has 0 amide bonds. The third-order valence-electron chi connectivity index (χ3n) is 5.17. The highest BCUT2D eigenvalue weighted by Crippen LogP contribution is 2.31. The minimum absolute atomic E-state index is 0.164. The van der Waals surface area contributed by atoms with Crippen molar-refractivity contribution in [1.29, 1.82) is 0 Å². The molecule has 1 fully saturated rings. The smallest absolute Gasteiger partial charge is 0.0608 e. The molecule has 0 aliphatic heterocycles. The maximum absolute atomic E-state index is 10.6. The van der Waals surface area contributed by atoms with Gasteiger partial charge in [0, 0.05) is 0 Å². The number of hydrogen-bond donors (Lipinski definition) is 1.